The van der Waals surface area contributed by atoms with Crippen molar-refractivity contribution in [3.63, 3.8) is 0 Å². The number of hydrogen-bond acceptors (Lipinski definition) is 6. The monoisotopic (exact) mass is 463 g/mol. The van der Waals surface area contributed by atoms with Crippen molar-refractivity contribution >= 4 is 33.2 Å². The topological polar surface area (TPSA) is 78.5 Å². The Labute approximate surface area is 191 Å². The van der Waals surface area contributed by atoms with Gasteiger partial charge in [-0.1, -0.05) is 37.6 Å². The number of thiophene rings is 1. The summed E-state index contributed by atoms with van der Waals surface area (Å²) in [6, 6.07) is 7.61. The molecule has 0 saturated carbocycles. The quantitative estimate of drug-likeness (QED) is 0.461. The molecule has 0 radical (unpaired) electrons. The van der Waals surface area contributed by atoms with Crippen LogP contribution in [0.1, 0.15) is 33.5 Å². The van der Waals surface area contributed by atoms with Crippen LogP contribution in [-0.2, 0) is 11.3 Å². The summed E-state index contributed by atoms with van der Waals surface area (Å²) in [7, 11) is 0. The van der Waals surface area contributed by atoms with E-state index in [4.69, 9.17) is 21.3 Å². The minimum atomic E-state index is -0.602. The van der Waals surface area contributed by atoms with Crippen LogP contribution in [0.3, 0.4) is 0 Å². The van der Waals surface area contributed by atoms with Crippen molar-refractivity contribution < 1.29 is 9.84 Å². The summed E-state index contributed by atoms with van der Waals surface area (Å²) in [6.07, 6.45) is -0.602. The van der Waals surface area contributed by atoms with Crippen LogP contribution in [-0.4, -0.2) is 51.9 Å². The van der Waals surface area contributed by atoms with Crippen molar-refractivity contribution in [3.05, 3.63) is 50.8 Å². The van der Waals surface area contributed by atoms with Crippen molar-refractivity contribution in [2.24, 2.45) is 5.92 Å². The number of H-pyrrole nitrogens is 1. The van der Waals surface area contributed by atoms with Gasteiger partial charge in [-0.15, -0.1) is 11.3 Å². The summed E-state index contributed by atoms with van der Waals surface area (Å²) in [6.45, 7) is 10.1. The number of fused-ring (bicyclic) bond motifs is 1. The predicted molar refractivity (Wildman–Crippen MR) is 128 cm³/mol. The fourth-order valence-corrected chi connectivity index (χ4v) is 4.42. The number of ether oxygens (including phenoxy) is 1. The normalized spacial score (nSPS) is 13.1. The first-order valence-electron chi connectivity index (χ1n) is 10.5. The minimum absolute atomic E-state index is 0.157. The van der Waals surface area contributed by atoms with E-state index in [1.54, 1.807) is 0 Å². The van der Waals surface area contributed by atoms with E-state index in [-0.39, 0.29) is 11.6 Å². The Morgan fingerprint density at radius 3 is 2.55 bits per heavy atom. The average molecular weight is 464 g/mol. The minimum Gasteiger partial charge on any atom is -0.389 e. The molecule has 2 aromatic heterocycles. The highest BCUT2D eigenvalue weighted by molar-refractivity contribution is 7.17. The molecule has 0 aliphatic rings. The summed E-state index contributed by atoms with van der Waals surface area (Å²) in [4.78, 5) is 23.3. The van der Waals surface area contributed by atoms with Gasteiger partial charge in [0, 0.05) is 35.2 Å². The lowest BCUT2D eigenvalue weighted by atomic mass is 10.1. The van der Waals surface area contributed by atoms with Gasteiger partial charge in [0.15, 0.2) is 0 Å². The molecule has 3 rings (SSSR count). The Bertz CT molecular complexity index is 1050. The second-order valence-electron chi connectivity index (χ2n) is 8.46. The van der Waals surface area contributed by atoms with Gasteiger partial charge in [-0.25, -0.2) is 4.98 Å². The first-order valence-corrected chi connectivity index (χ1v) is 11.8. The Hall–Kier alpha value is -1.77. The van der Waals surface area contributed by atoms with E-state index in [2.05, 4.69) is 37.6 Å². The van der Waals surface area contributed by atoms with Crippen molar-refractivity contribution in [2.45, 2.75) is 46.4 Å². The highest BCUT2D eigenvalue weighted by atomic mass is 35.5. The van der Waals surface area contributed by atoms with Gasteiger partial charge in [-0.2, -0.15) is 0 Å². The summed E-state index contributed by atoms with van der Waals surface area (Å²) >= 11 is 7.44. The molecular weight excluding hydrogens is 434 g/mol. The van der Waals surface area contributed by atoms with Gasteiger partial charge in [0.05, 0.1) is 24.6 Å². The van der Waals surface area contributed by atoms with Gasteiger partial charge >= 0.3 is 0 Å². The molecule has 8 heteroatoms. The molecule has 0 aliphatic carbocycles. The third-order valence-electron chi connectivity index (χ3n) is 4.94. The van der Waals surface area contributed by atoms with Crippen LogP contribution in [0, 0.1) is 5.92 Å². The maximum atomic E-state index is 12.9. The zero-order valence-corrected chi connectivity index (χ0v) is 20.0. The number of nitrogens with one attached hydrogen (secondary N) is 1. The lowest BCUT2D eigenvalue weighted by Gasteiger charge is -2.28. The third-order valence-corrected chi connectivity index (χ3v) is 6.06. The van der Waals surface area contributed by atoms with E-state index in [0.29, 0.717) is 53.3 Å². The molecule has 0 saturated heterocycles. The fourth-order valence-electron chi connectivity index (χ4n) is 3.32. The Kier molecular flexibility index (Phi) is 8.24. The van der Waals surface area contributed by atoms with Crippen LogP contribution in [0.15, 0.2) is 34.4 Å². The van der Waals surface area contributed by atoms with Crippen molar-refractivity contribution in [3.8, 4) is 11.1 Å². The van der Waals surface area contributed by atoms with Crippen LogP contribution < -0.4 is 5.56 Å². The molecule has 0 aliphatic heterocycles. The van der Waals surface area contributed by atoms with Crippen molar-refractivity contribution in [1.82, 2.24) is 14.9 Å². The van der Waals surface area contributed by atoms with Gasteiger partial charge in [-0.05, 0) is 37.5 Å². The van der Waals surface area contributed by atoms with Gasteiger partial charge < -0.3 is 14.8 Å². The SMILES string of the molecule is CC(C)COC[C@@H](O)CN(Cc1nc2scc(-c3ccc(Cl)cc3)c2c(=O)[nH]1)C(C)C. The number of aromatic amines is 1. The number of aliphatic hydroxyl groups is 1. The standard InChI is InChI=1S/C23H30ClN3O3S/c1-14(2)11-30-12-18(28)9-27(15(3)4)10-20-25-22(29)21-19(13-31-23(21)26-20)16-5-7-17(24)8-6-16/h5-8,13-15,18,28H,9-12H2,1-4H3,(H,25,26,29)/t18-/m0/s1. The first-order chi connectivity index (χ1) is 14.7. The van der Waals surface area contributed by atoms with Gasteiger partial charge in [0.25, 0.3) is 5.56 Å². The van der Waals surface area contributed by atoms with E-state index in [0.717, 1.165) is 11.1 Å². The van der Waals surface area contributed by atoms with Crippen LogP contribution >= 0.6 is 22.9 Å². The maximum Gasteiger partial charge on any atom is 0.260 e. The second-order valence-corrected chi connectivity index (χ2v) is 9.75. The Morgan fingerprint density at radius 2 is 1.90 bits per heavy atom. The molecule has 0 unspecified atom stereocenters. The van der Waals surface area contributed by atoms with E-state index in [1.807, 2.05) is 29.6 Å². The largest absolute Gasteiger partial charge is 0.389 e. The number of halogens is 1. The fraction of sp³-hybridized carbons (Fsp3) is 0.478. The Balaban J connectivity index is 1.77. The molecule has 1 aromatic carbocycles. The molecule has 0 fully saturated rings. The number of aromatic nitrogens is 2. The van der Waals surface area contributed by atoms with Crippen LogP contribution in [0.4, 0.5) is 0 Å². The van der Waals surface area contributed by atoms with Crippen molar-refractivity contribution in [1.29, 1.82) is 0 Å². The number of rotatable bonds is 10. The molecule has 1 atom stereocenters. The molecule has 31 heavy (non-hydrogen) atoms. The zero-order valence-electron chi connectivity index (χ0n) is 18.4. The summed E-state index contributed by atoms with van der Waals surface area (Å²) in [5, 5.41) is 13.6. The number of aliphatic hydroxyl groups excluding tert-OH is 1. The molecule has 168 valence electrons. The summed E-state index contributed by atoms with van der Waals surface area (Å²) < 4.78 is 5.56. The average Bonchev–Trinajstić information content (AvgIpc) is 3.12. The number of benzene rings is 1. The summed E-state index contributed by atoms with van der Waals surface area (Å²) in [5.74, 6) is 1.02. The van der Waals surface area contributed by atoms with E-state index >= 15 is 0 Å². The highest BCUT2D eigenvalue weighted by Crippen LogP contribution is 2.31. The van der Waals surface area contributed by atoms with Crippen LogP contribution in [0.5, 0.6) is 0 Å². The molecule has 2 N–H and O–H groups in total. The van der Waals surface area contributed by atoms with Crippen molar-refractivity contribution in [2.75, 3.05) is 19.8 Å². The number of hydrogen-bond donors (Lipinski definition) is 2. The van der Waals surface area contributed by atoms with Gasteiger partial charge in [0.2, 0.25) is 0 Å². The number of nitrogens with zero attached hydrogens (tertiary/aromatic N) is 2. The van der Waals surface area contributed by atoms with E-state index in [9.17, 15) is 9.90 Å². The molecule has 2 heterocycles. The summed E-state index contributed by atoms with van der Waals surface area (Å²) in [5.41, 5.74) is 1.63. The Morgan fingerprint density at radius 1 is 1.19 bits per heavy atom. The van der Waals surface area contributed by atoms with Gasteiger partial charge in [-0.3, -0.25) is 9.69 Å². The van der Waals surface area contributed by atoms with Gasteiger partial charge in [0.1, 0.15) is 10.7 Å². The smallest absolute Gasteiger partial charge is 0.260 e. The molecule has 0 spiro atoms. The van der Waals surface area contributed by atoms with Crippen LogP contribution in [0.25, 0.3) is 21.3 Å². The lowest BCUT2D eigenvalue weighted by molar-refractivity contribution is 0.00129. The second kappa shape index (κ2) is 10.7. The molecular formula is C23H30ClN3O3S. The molecule has 6 nitrogen and oxygen atoms in total. The van der Waals surface area contributed by atoms with E-state index < -0.39 is 6.10 Å². The molecule has 0 amide bonds. The lowest BCUT2D eigenvalue weighted by Crippen LogP contribution is -2.39. The third kappa shape index (κ3) is 6.37. The van der Waals surface area contributed by atoms with Crippen LogP contribution in [0.2, 0.25) is 5.02 Å². The van der Waals surface area contributed by atoms with E-state index in [1.165, 1.54) is 11.3 Å². The highest BCUT2D eigenvalue weighted by Gasteiger charge is 2.19. The zero-order chi connectivity index (χ0) is 22.5. The molecule has 0 bridgehead atoms. The predicted octanol–water partition coefficient (Wildman–Crippen LogP) is 4.55. The first kappa shape index (κ1) is 23.9. The molecule has 3 aromatic rings. The maximum absolute atomic E-state index is 12.9.